The van der Waals surface area contributed by atoms with Crippen molar-refractivity contribution in [2.45, 2.75) is 45.6 Å². The van der Waals surface area contributed by atoms with Crippen molar-refractivity contribution in [1.29, 1.82) is 0 Å². The number of thiophene rings is 1. The molecule has 1 aliphatic heterocycles. The third-order valence-electron chi connectivity index (χ3n) is 4.89. The zero-order valence-electron chi connectivity index (χ0n) is 14.9. The standard InChI is InChI=1S/C19H21N3O3S/c1-12-18(13(2)24-20-12)19(23)22-9-5-3-4-7-15(22)14-11-16(25-21-14)17-8-6-10-26-17/h6,8,10-11,15H,3-5,7,9H2,1-2H3/t15-/m0/s1. The van der Waals surface area contributed by atoms with Gasteiger partial charge in [0.05, 0.1) is 16.6 Å². The van der Waals surface area contributed by atoms with E-state index in [1.807, 2.05) is 35.4 Å². The summed E-state index contributed by atoms with van der Waals surface area (Å²) in [5, 5.41) is 10.2. The molecule has 0 unspecified atom stereocenters. The van der Waals surface area contributed by atoms with Crippen LogP contribution in [0.3, 0.4) is 0 Å². The van der Waals surface area contributed by atoms with E-state index in [1.165, 1.54) is 0 Å². The molecule has 7 heteroatoms. The number of aromatic nitrogens is 2. The molecule has 4 heterocycles. The maximum absolute atomic E-state index is 13.2. The predicted octanol–water partition coefficient (Wildman–Crippen LogP) is 4.77. The molecule has 0 saturated carbocycles. The van der Waals surface area contributed by atoms with Crippen molar-refractivity contribution in [3.05, 3.63) is 46.3 Å². The first-order valence-electron chi connectivity index (χ1n) is 8.89. The van der Waals surface area contributed by atoms with Crippen molar-refractivity contribution in [2.24, 2.45) is 0 Å². The van der Waals surface area contributed by atoms with Crippen molar-refractivity contribution >= 4 is 17.2 Å². The highest BCUT2D eigenvalue weighted by Gasteiger charge is 2.32. The second-order valence-corrected chi connectivity index (χ2v) is 7.60. The van der Waals surface area contributed by atoms with Gasteiger partial charge in [-0.3, -0.25) is 4.79 Å². The molecular weight excluding hydrogens is 350 g/mol. The molecule has 1 fully saturated rings. The molecule has 0 aliphatic carbocycles. The minimum atomic E-state index is -0.0869. The number of hydrogen-bond acceptors (Lipinski definition) is 6. The van der Waals surface area contributed by atoms with E-state index in [0.717, 1.165) is 42.0 Å². The van der Waals surface area contributed by atoms with Gasteiger partial charge in [-0.15, -0.1) is 11.3 Å². The van der Waals surface area contributed by atoms with Crippen LogP contribution in [0.1, 0.15) is 59.2 Å². The fraction of sp³-hybridized carbons (Fsp3) is 0.421. The molecular formula is C19H21N3O3S. The number of amides is 1. The fourth-order valence-electron chi connectivity index (χ4n) is 3.57. The van der Waals surface area contributed by atoms with Gasteiger partial charge in [-0.05, 0) is 38.1 Å². The van der Waals surface area contributed by atoms with Crippen LogP contribution in [-0.4, -0.2) is 27.7 Å². The zero-order valence-corrected chi connectivity index (χ0v) is 15.7. The number of aryl methyl sites for hydroxylation is 2. The van der Waals surface area contributed by atoms with Gasteiger partial charge in [-0.2, -0.15) is 0 Å². The number of hydrogen-bond donors (Lipinski definition) is 0. The van der Waals surface area contributed by atoms with Crippen LogP contribution in [0.25, 0.3) is 10.6 Å². The lowest BCUT2D eigenvalue weighted by Gasteiger charge is -2.28. The third-order valence-corrected chi connectivity index (χ3v) is 5.78. The van der Waals surface area contributed by atoms with Gasteiger partial charge in [0.2, 0.25) is 0 Å². The van der Waals surface area contributed by atoms with E-state index in [0.29, 0.717) is 23.6 Å². The number of rotatable bonds is 3. The van der Waals surface area contributed by atoms with Crippen LogP contribution >= 0.6 is 11.3 Å². The quantitative estimate of drug-likeness (QED) is 0.663. The summed E-state index contributed by atoms with van der Waals surface area (Å²) in [5.41, 5.74) is 2.02. The molecule has 1 amide bonds. The number of likely N-dealkylation sites (tertiary alicyclic amines) is 1. The van der Waals surface area contributed by atoms with E-state index in [2.05, 4.69) is 10.3 Å². The molecule has 0 N–H and O–H groups in total. The zero-order chi connectivity index (χ0) is 18.1. The Morgan fingerprint density at radius 3 is 2.85 bits per heavy atom. The van der Waals surface area contributed by atoms with Crippen LogP contribution in [-0.2, 0) is 0 Å². The van der Waals surface area contributed by atoms with Gasteiger partial charge in [0.15, 0.2) is 5.76 Å². The normalized spacial score (nSPS) is 18.1. The minimum absolute atomic E-state index is 0.0335. The van der Waals surface area contributed by atoms with Crippen LogP contribution in [0.2, 0.25) is 0 Å². The fourth-order valence-corrected chi connectivity index (χ4v) is 4.24. The van der Waals surface area contributed by atoms with Crippen LogP contribution in [0.15, 0.2) is 32.6 Å². The van der Waals surface area contributed by atoms with Gasteiger partial charge in [0.25, 0.3) is 5.91 Å². The van der Waals surface area contributed by atoms with Crippen LogP contribution < -0.4 is 0 Å². The van der Waals surface area contributed by atoms with Gasteiger partial charge >= 0.3 is 0 Å². The highest BCUT2D eigenvalue weighted by Crippen LogP contribution is 2.34. The maximum atomic E-state index is 13.2. The van der Waals surface area contributed by atoms with E-state index in [4.69, 9.17) is 9.05 Å². The van der Waals surface area contributed by atoms with E-state index in [9.17, 15) is 4.79 Å². The first-order valence-corrected chi connectivity index (χ1v) is 9.77. The second kappa shape index (κ2) is 7.07. The van der Waals surface area contributed by atoms with Crippen molar-refractivity contribution in [3.63, 3.8) is 0 Å². The Balaban J connectivity index is 1.67. The topological polar surface area (TPSA) is 72.4 Å². The monoisotopic (exact) mass is 371 g/mol. The Morgan fingerprint density at radius 2 is 2.12 bits per heavy atom. The molecule has 0 bridgehead atoms. The van der Waals surface area contributed by atoms with Crippen LogP contribution in [0, 0.1) is 13.8 Å². The summed E-state index contributed by atoms with van der Waals surface area (Å²) >= 11 is 1.61. The molecule has 3 aromatic heterocycles. The summed E-state index contributed by atoms with van der Waals surface area (Å²) in [5.74, 6) is 1.28. The summed E-state index contributed by atoms with van der Waals surface area (Å²) in [6, 6.07) is 5.88. The average Bonchev–Trinajstić information content (AvgIpc) is 3.34. The van der Waals surface area contributed by atoms with Gasteiger partial charge in [0.1, 0.15) is 17.0 Å². The number of nitrogens with zero attached hydrogens (tertiary/aromatic N) is 3. The largest absolute Gasteiger partial charge is 0.361 e. The number of carbonyl (C=O) groups is 1. The second-order valence-electron chi connectivity index (χ2n) is 6.66. The van der Waals surface area contributed by atoms with E-state index in [-0.39, 0.29) is 11.9 Å². The van der Waals surface area contributed by atoms with Crippen molar-refractivity contribution in [1.82, 2.24) is 15.2 Å². The molecule has 1 atom stereocenters. The molecule has 1 aliphatic rings. The molecule has 3 aromatic rings. The van der Waals surface area contributed by atoms with Gasteiger partial charge < -0.3 is 13.9 Å². The predicted molar refractivity (Wildman–Crippen MR) is 98.0 cm³/mol. The van der Waals surface area contributed by atoms with Crippen molar-refractivity contribution in [2.75, 3.05) is 6.54 Å². The lowest BCUT2D eigenvalue weighted by Crippen LogP contribution is -2.35. The molecule has 0 aromatic carbocycles. The highest BCUT2D eigenvalue weighted by molar-refractivity contribution is 7.13. The van der Waals surface area contributed by atoms with Gasteiger partial charge in [-0.25, -0.2) is 0 Å². The Kier molecular flexibility index (Phi) is 4.63. The van der Waals surface area contributed by atoms with Gasteiger partial charge in [0, 0.05) is 12.6 Å². The molecule has 136 valence electrons. The molecule has 26 heavy (non-hydrogen) atoms. The SMILES string of the molecule is Cc1noc(C)c1C(=O)N1CCCCC[C@H]1c1cc(-c2cccs2)on1. The first kappa shape index (κ1) is 17.0. The minimum Gasteiger partial charge on any atom is -0.361 e. The van der Waals surface area contributed by atoms with Gasteiger partial charge in [-0.1, -0.05) is 29.2 Å². The average molecular weight is 371 g/mol. The van der Waals surface area contributed by atoms with Crippen LogP contribution in [0.5, 0.6) is 0 Å². The lowest BCUT2D eigenvalue weighted by atomic mass is 10.0. The van der Waals surface area contributed by atoms with Crippen molar-refractivity contribution < 1.29 is 13.8 Å². The summed E-state index contributed by atoms with van der Waals surface area (Å²) < 4.78 is 10.8. The van der Waals surface area contributed by atoms with E-state index in [1.54, 1.807) is 18.3 Å². The summed E-state index contributed by atoms with van der Waals surface area (Å²) in [7, 11) is 0. The Morgan fingerprint density at radius 1 is 1.23 bits per heavy atom. The third kappa shape index (κ3) is 3.07. The maximum Gasteiger partial charge on any atom is 0.259 e. The molecule has 1 saturated heterocycles. The van der Waals surface area contributed by atoms with Crippen molar-refractivity contribution in [3.8, 4) is 10.6 Å². The van der Waals surface area contributed by atoms with Crippen LogP contribution in [0.4, 0.5) is 0 Å². The Hall–Kier alpha value is -2.41. The summed E-state index contributed by atoms with van der Waals surface area (Å²) in [6.45, 7) is 4.29. The number of carbonyl (C=O) groups excluding carboxylic acids is 1. The molecule has 0 spiro atoms. The highest BCUT2D eigenvalue weighted by atomic mass is 32.1. The van der Waals surface area contributed by atoms with E-state index >= 15 is 0 Å². The molecule has 0 radical (unpaired) electrons. The summed E-state index contributed by atoms with van der Waals surface area (Å²) in [4.78, 5) is 16.2. The molecule has 6 nitrogen and oxygen atoms in total. The van der Waals surface area contributed by atoms with E-state index < -0.39 is 0 Å². The lowest BCUT2D eigenvalue weighted by molar-refractivity contribution is 0.0671. The molecule has 4 rings (SSSR count). The Labute approximate surface area is 155 Å². The summed E-state index contributed by atoms with van der Waals surface area (Å²) in [6.07, 6.45) is 4.04. The Bertz CT molecular complexity index is 878. The smallest absolute Gasteiger partial charge is 0.259 e. The first-order chi connectivity index (χ1) is 12.6.